The summed E-state index contributed by atoms with van der Waals surface area (Å²) >= 11 is 1.53. The molecule has 2 fully saturated rings. The first-order chi connectivity index (χ1) is 11.7. The first-order valence-electron chi connectivity index (χ1n) is 8.39. The Morgan fingerprint density at radius 3 is 2.79 bits per heavy atom. The lowest BCUT2D eigenvalue weighted by atomic mass is 10.1. The summed E-state index contributed by atoms with van der Waals surface area (Å²) in [5, 5.41) is 4.83. The summed E-state index contributed by atoms with van der Waals surface area (Å²) in [5.74, 6) is 0.946. The molecule has 2 heterocycles. The topological polar surface area (TPSA) is 49.4 Å². The maximum atomic E-state index is 12.8. The van der Waals surface area contributed by atoms with Gasteiger partial charge in [-0.2, -0.15) is 0 Å². The van der Waals surface area contributed by atoms with Crippen molar-refractivity contribution >= 4 is 23.2 Å². The van der Waals surface area contributed by atoms with Gasteiger partial charge in [-0.3, -0.25) is 9.59 Å². The van der Waals surface area contributed by atoms with Crippen molar-refractivity contribution in [2.24, 2.45) is 5.92 Å². The fourth-order valence-electron chi connectivity index (χ4n) is 3.59. The molecule has 1 saturated heterocycles. The van der Waals surface area contributed by atoms with E-state index in [1.54, 1.807) is 4.90 Å². The maximum Gasteiger partial charge on any atom is 0.248 e. The quantitative estimate of drug-likeness (QED) is 0.930. The van der Waals surface area contributed by atoms with Crippen LogP contribution in [0.2, 0.25) is 0 Å². The van der Waals surface area contributed by atoms with Gasteiger partial charge in [0.25, 0.3) is 0 Å². The molecule has 1 N–H and O–H groups in total. The minimum atomic E-state index is -0.458. The van der Waals surface area contributed by atoms with E-state index in [1.165, 1.54) is 16.9 Å². The number of hydrogen-bond donors (Lipinski definition) is 1. The summed E-state index contributed by atoms with van der Waals surface area (Å²) in [5.41, 5.74) is 1.32. The Morgan fingerprint density at radius 1 is 1.21 bits per heavy atom. The fourth-order valence-corrected chi connectivity index (χ4v) is 4.42. The van der Waals surface area contributed by atoms with Crippen molar-refractivity contribution in [3.63, 3.8) is 0 Å². The van der Waals surface area contributed by atoms with Crippen LogP contribution >= 0.6 is 11.3 Å². The summed E-state index contributed by atoms with van der Waals surface area (Å²) in [4.78, 5) is 27.8. The highest BCUT2D eigenvalue weighted by molar-refractivity contribution is 7.10. The van der Waals surface area contributed by atoms with Crippen molar-refractivity contribution in [3.05, 3.63) is 58.3 Å². The second kappa shape index (κ2) is 6.40. The first kappa shape index (κ1) is 15.4. The number of carbonyl (C=O) groups excluding carboxylic acids is 2. The lowest BCUT2D eigenvalue weighted by Crippen LogP contribution is -2.52. The summed E-state index contributed by atoms with van der Waals surface area (Å²) in [7, 11) is 0. The van der Waals surface area contributed by atoms with Gasteiger partial charge in [0, 0.05) is 24.4 Å². The molecule has 0 radical (unpaired) electrons. The lowest BCUT2D eigenvalue weighted by Gasteiger charge is -2.34. The van der Waals surface area contributed by atoms with Crippen molar-refractivity contribution in [1.29, 1.82) is 0 Å². The molecule has 5 heteroatoms. The second-order valence-electron chi connectivity index (χ2n) is 6.51. The number of piperazine rings is 1. The van der Waals surface area contributed by atoms with Crippen LogP contribution in [-0.2, 0) is 9.59 Å². The molecule has 3 atom stereocenters. The molecule has 1 aliphatic heterocycles. The van der Waals surface area contributed by atoms with Crippen LogP contribution in [0.4, 0.5) is 0 Å². The Bertz CT molecular complexity index is 729. The largest absolute Gasteiger partial charge is 0.352 e. The smallest absolute Gasteiger partial charge is 0.248 e. The van der Waals surface area contributed by atoms with E-state index in [2.05, 4.69) is 17.4 Å². The zero-order chi connectivity index (χ0) is 16.5. The Kier molecular flexibility index (Phi) is 4.10. The molecule has 0 spiro atoms. The number of amides is 2. The van der Waals surface area contributed by atoms with Crippen molar-refractivity contribution in [1.82, 2.24) is 10.2 Å². The molecule has 24 heavy (non-hydrogen) atoms. The third kappa shape index (κ3) is 2.96. The van der Waals surface area contributed by atoms with E-state index in [1.807, 2.05) is 35.7 Å². The number of rotatable bonds is 4. The summed E-state index contributed by atoms with van der Waals surface area (Å²) < 4.78 is 0. The molecule has 2 aromatic rings. The van der Waals surface area contributed by atoms with Gasteiger partial charge in [0.05, 0.1) is 0 Å². The second-order valence-corrected chi connectivity index (χ2v) is 7.49. The molecule has 1 aromatic heterocycles. The third-order valence-electron chi connectivity index (χ3n) is 4.93. The van der Waals surface area contributed by atoms with E-state index >= 15 is 0 Å². The molecule has 124 valence electrons. The fraction of sp³-hybridized carbons (Fsp3) is 0.368. The number of carbonyl (C=O) groups is 2. The SMILES string of the molecule is O=C1NCCN(C(=O)C[C@@H]2C[C@H]2c2ccccc2)[C@@H]1c1cccs1. The highest BCUT2D eigenvalue weighted by Gasteiger charge is 2.42. The average molecular weight is 340 g/mol. The average Bonchev–Trinajstić information content (AvgIpc) is 3.15. The van der Waals surface area contributed by atoms with Gasteiger partial charge in [-0.25, -0.2) is 0 Å². The van der Waals surface area contributed by atoms with E-state index in [9.17, 15) is 9.59 Å². The van der Waals surface area contributed by atoms with E-state index in [4.69, 9.17) is 0 Å². The number of benzene rings is 1. The number of thiophene rings is 1. The number of nitrogens with one attached hydrogen (secondary N) is 1. The molecule has 2 amide bonds. The van der Waals surface area contributed by atoms with Gasteiger partial charge in [0.1, 0.15) is 6.04 Å². The van der Waals surface area contributed by atoms with Crippen LogP contribution in [-0.4, -0.2) is 29.8 Å². The van der Waals surface area contributed by atoms with E-state index in [0.29, 0.717) is 31.3 Å². The van der Waals surface area contributed by atoms with Gasteiger partial charge in [-0.05, 0) is 35.3 Å². The van der Waals surface area contributed by atoms with Gasteiger partial charge in [0.2, 0.25) is 11.8 Å². The molecular formula is C19H20N2O2S. The van der Waals surface area contributed by atoms with Gasteiger partial charge >= 0.3 is 0 Å². The van der Waals surface area contributed by atoms with Crippen LogP contribution in [0.3, 0.4) is 0 Å². The Morgan fingerprint density at radius 2 is 2.04 bits per heavy atom. The highest BCUT2D eigenvalue weighted by Crippen LogP contribution is 2.50. The monoisotopic (exact) mass is 340 g/mol. The van der Waals surface area contributed by atoms with E-state index < -0.39 is 6.04 Å². The Labute approximate surface area is 145 Å². The minimum absolute atomic E-state index is 0.0625. The number of nitrogens with zero attached hydrogens (tertiary/aromatic N) is 1. The van der Waals surface area contributed by atoms with E-state index in [0.717, 1.165) is 11.3 Å². The maximum absolute atomic E-state index is 12.8. The Balaban J connectivity index is 1.45. The van der Waals surface area contributed by atoms with Crippen LogP contribution < -0.4 is 5.32 Å². The minimum Gasteiger partial charge on any atom is -0.352 e. The molecule has 4 nitrogen and oxygen atoms in total. The van der Waals surface area contributed by atoms with Crippen LogP contribution in [0.1, 0.15) is 35.2 Å². The molecule has 4 rings (SSSR count). The van der Waals surface area contributed by atoms with Crippen LogP contribution in [0, 0.1) is 5.92 Å². The van der Waals surface area contributed by atoms with Crippen LogP contribution in [0.15, 0.2) is 47.8 Å². The molecule has 0 bridgehead atoms. The summed E-state index contributed by atoms with van der Waals surface area (Å²) in [6.07, 6.45) is 1.61. The van der Waals surface area contributed by atoms with Crippen LogP contribution in [0.25, 0.3) is 0 Å². The zero-order valence-corrected chi connectivity index (χ0v) is 14.2. The molecule has 2 aliphatic rings. The number of hydrogen-bond acceptors (Lipinski definition) is 3. The normalized spacial score (nSPS) is 26.1. The van der Waals surface area contributed by atoms with Crippen molar-refractivity contribution < 1.29 is 9.59 Å². The lowest BCUT2D eigenvalue weighted by molar-refractivity contribution is -0.143. The third-order valence-corrected chi connectivity index (χ3v) is 5.86. The Hall–Kier alpha value is -2.14. The zero-order valence-electron chi connectivity index (χ0n) is 13.4. The molecule has 1 aromatic carbocycles. The highest BCUT2D eigenvalue weighted by atomic mass is 32.1. The predicted octanol–water partition coefficient (Wildman–Crippen LogP) is 2.94. The molecule has 0 unspecified atom stereocenters. The van der Waals surface area contributed by atoms with Gasteiger partial charge in [-0.1, -0.05) is 36.4 Å². The standard InChI is InChI=1S/C19H20N2O2S/c22-17(12-14-11-15(14)13-5-2-1-3-6-13)21-9-8-20-19(23)18(21)16-7-4-10-24-16/h1-7,10,14-15,18H,8-9,11-12H2,(H,20,23)/t14-,15-,18+/m0/s1. The van der Waals surface area contributed by atoms with Gasteiger partial charge < -0.3 is 10.2 Å². The van der Waals surface area contributed by atoms with E-state index in [-0.39, 0.29) is 11.8 Å². The van der Waals surface area contributed by atoms with Crippen molar-refractivity contribution in [2.75, 3.05) is 13.1 Å². The molecule has 1 aliphatic carbocycles. The molecular weight excluding hydrogens is 320 g/mol. The van der Waals surface area contributed by atoms with Gasteiger partial charge in [-0.15, -0.1) is 11.3 Å². The van der Waals surface area contributed by atoms with Crippen molar-refractivity contribution in [2.45, 2.75) is 24.8 Å². The van der Waals surface area contributed by atoms with Gasteiger partial charge in [0.15, 0.2) is 0 Å². The summed E-state index contributed by atoms with van der Waals surface area (Å²) in [6.45, 7) is 1.13. The molecule has 1 saturated carbocycles. The summed E-state index contributed by atoms with van der Waals surface area (Å²) in [6, 6.07) is 13.8. The predicted molar refractivity (Wildman–Crippen MR) is 93.7 cm³/mol. The first-order valence-corrected chi connectivity index (χ1v) is 9.27. The van der Waals surface area contributed by atoms with Crippen molar-refractivity contribution in [3.8, 4) is 0 Å². The van der Waals surface area contributed by atoms with Crippen LogP contribution in [0.5, 0.6) is 0 Å².